The van der Waals surface area contributed by atoms with E-state index in [2.05, 4.69) is 9.97 Å². The highest BCUT2D eigenvalue weighted by Crippen LogP contribution is 2.19. The number of aromatic amines is 1. The summed E-state index contributed by atoms with van der Waals surface area (Å²) in [4.78, 5) is 18.7. The molecule has 4 heteroatoms. The minimum absolute atomic E-state index is 0.0591. The number of hydrogen-bond donors (Lipinski definition) is 1. The van der Waals surface area contributed by atoms with Crippen LogP contribution in [0.1, 0.15) is 0 Å². The van der Waals surface area contributed by atoms with Gasteiger partial charge in [-0.05, 0) is 12.1 Å². The Bertz CT molecular complexity index is 708. The molecule has 0 fully saturated rings. The number of hydrogen-bond acceptors (Lipinski definition) is 2. The molecule has 0 aliphatic carbocycles. The molecule has 1 N–H and O–H groups in total. The number of H-pyrrole nitrogens is 1. The van der Waals surface area contributed by atoms with E-state index in [-0.39, 0.29) is 5.56 Å². The average molecular weight is 199 g/mol. The Morgan fingerprint density at radius 2 is 2.20 bits per heavy atom. The van der Waals surface area contributed by atoms with E-state index in [0.29, 0.717) is 5.52 Å². The first-order chi connectivity index (χ1) is 7.27. The van der Waals surface area contributed by atoms with Gasteiger partial charge in [0, 0.05) is 36.4 Å². The van der Waals surface area contributed by atoms with Gasteiger partial charge in [0.05, 0.1) is 5.52 Å². The van der Waals surface area contributed by atoms with Gasteiger partial charge in [-0.1, -0.05) is 0 Å². The van der Waals surface area contributed by atoms with Gasteiger partial charge in [0.15, 0.2) is 0 Å². The quantitative estimate of drug-likeness (QED) is 0.595. The summed E-state index contributed by atoms with van der Waals surface area (Å²) in [5.41, 5.74) is 1.46. The zero-order valence-corrected chi connectivity index (χ0v) is 8.19. The van der Waals surface area contributed by atoms with Gasteiger partial charge >= 0.3 is 0 Å². The summed E-state index contributed by atoms with van der Waals surface area (Å²) in [6.07, 6.45) is 5.33. The monoisotopic (exact) mass is 199 g/mol. The molecule has 3 rings (SSSR count). The zero-order valence-electron chi connectivity index (χ0n) is 8.19. The molecule has 0 saturated heterocycles. The third-order valence-corrected chi connectivity index (χ3v) is 2.65. The standard InChI is InChI=1S/C11H9N3O/c1-14-5-3-7-8-6-12-4-2-9(8)13-11(15)10(7)14/h2-6H,1H3,(H,13,15). The summed E-state index contributed by atoms with van der Waals surface area (Å²) in [6, 6.07) is 3.75. The maximum absolute atomic E-state index is 11.8. The van der Waals surface area contributed by atoms with Crippen LogP contribution in [0.4, 0.5) is 0 Å². The Kier molecular flexibility index (Phi) is 1.48. The Hall–Kier alpha value is -2.10. The molecule has 0 unspecified atom stereocenters. The Morgan fingerprint density at radius 3 is 3.07 bits per heavy atom. The third-order valence-electron chi connectivity index (χ3n) is 2.65. The van der Waals surface area contributed by atoms with E-state index in [9.17, 15) is 4.79 Å². The lowest BCUT2D eigenvalue weighted by Crippen LogP contribution is -2.09. The lowest BCUT2D eigenvalue weighted by Gasteiger charge is -1.99. The molecule has 3 aromatic rings. The SMILES string of the molecule is Cn1ccc2c3cnccc3[nH]c(=O)c21. The number of nitrogens with zero attached hydrogens (tertiary/aromatic N) is 2. The fourth-order valence-corrected chi connectivity index (χ4v) is 1.93. The molecule has 15 heavy (non-hydrogen) atoms. The van der Waals surface area contributed by atoms with Crippen molar-refractivity contribution in [2.24, 2.45) is 7.05 Å². The Balaban J connectivity index is 2.71. The summed E-state index contributed by atoms with van der Waals surface area (Å²) in [7, 11) is 1.86. The fourth-order valence-electron chi connectivity index (χ4n) is 1.93. The number of pyridine rings is 2. The molecule has 74 valence electrons. The molecule has 0 saturated carbocycles. The maximum atomic E-state index is 11.8. The van der Waals surface area contributed by atoms with E-state index in [1.165, 1.54) is 0 Å². The van der Waals surface area contributed by atoms with E-state index in [0.717, 1.165) is 16.3 Å². The molecule has 0 spiro atoms. The van der Waals surface area contributed by atoms with Crippen LogP contribution in [-0.2, 0) is 7.05 Å². The van der Waals surface area contributed by atoms with Gasteiger partial charge in [-0.2, -0.15) is 0 Å². The second-order valence-electron chi connectivity index (χ2n) is 3.56. The number of nitrogens with one attached hydrogen (secondary N) is 1. The van der Waals surface area contributed by atoms with Gasteiger partial charge in [0.1, 0.15) is 5.52 Å². The third kappa shape index (κ3) is 1.01. The van der Waals surface area contributed by atoms with Gasteiger partial charge in [0.25, 0.3) is 5.56 Å². The summed E-state index contributed by atoms with van der Waals surface area (Å²) in [6.45, 7) is 0. The molecule has 3 heterocycles. The van der Waals surface area contributed by atoms with Crippen LogP contribution in [0, 0.1) is 0 Å². The lowest BCUT2D eigenvalue weighted by molar-refractivity contribution is 0.959. The van der Waals surface area contributed by atoms with Crippen molar-refractivity contribution in [1.29, 1.82) is 0 Å². The molecule has 0 amide bonds. The van der Waals surface area contributed by atoms with E-state index >= 15 is 0 Å². The van der Waals surface area contributed by atoms with Crippen molar-refractivity contribution in [3.8, 4) is 0 Å². The molecule has 0 radical (unpaired) electrons. The molecule has 3 aromatic heterocycles. The summed E-state index contributed by atoms with van der Waals surface area (Å²) in [5, 5.41) is 1.93. The summed E-state index contributed by atoms with van der Waals surface area (Å²) in [5.74, 6) is 0. The van der Waals surface area contributed by atoms with E-state index in [4.69, 9.17) is 0 Å². The van der Waals surface area contributed by atoms with Crippen molar-refractivity contribution in [2.75, 3.05) is 0 Å². The van der Waals surface area contributed by atoms with Crippen molar-refractivity contribution >= 4 is 21.8 Å². The Morgan fingerprint density at radius 1 is 1.33 bits per heavy atom. The minimum atomic E-state index is -0.0591. The lowest BCUT2D eigenvalue weighted by atomic mass is 10.2. The predicted molar refractivity (Wildman–Crippen MR) is 58.8 cm³/mol. The highest BCUT2D eigenvalue weighted by molar-refractivity contribution is 6.03. The van der Waals surface area contributed by atoms with Crippen LogP contribution >= 0.6 is 0 Å². The van der Waals surface area contributed by atoms with Gasteiger partial charge in [-0.15, -0.1) is 0 Å². The van der Waals surface area contributed by atoms with Gasteiger partial charge in [-0.25, -0.2) is 0 Å². The molecule has 0 bridgehead atoms. The topological polar surface area (TPSA) is 50.7 Å². The molecule has 0 atom stereocenters. The first kappa shape index (κ1) is 8.23. The van der Waals surface area contributed by atoms with Gasteiger partial charge in [-0.3, -0.25) is 9.78 Å². The van der Waals surface area contributed by atoms with Crippen LogP contribution in [-0.4, -0.2) is 14.5 Å². The molecule has 0 aliphatic heterocycles. The summed E-state index contributed by atoms with van der Waals surface area (Å²) < 4.78 is 1.82. The molecule has 0 aromatic carbocycles. The molecule has 0 aliphatic rings. The van der Waals surface area contributed by atoms with Crippen LogP contribution in [0.2, 0.25) is 0 Å². The van der Waals surface area contributed by atoms with Gasteiger partial charge < -0.3 is 9.55 Å². The largest absolute Gasteiger partial charge is 0.346 e. The van der Waals surface area contributed by atoms with Crippen LogP contribution in [0.25, 0.3) is 21.8 Å². The number of aryl methyl sites for hydroxylation is 1. The van der Waals surface area contributed by atoms with E-state index < -0.39 is 0 Å². The second-order valence-corrected chi connectivity index (χ2v) is 3.56. The second kappa shape index (κ2) is 2.70. The minimum Gasteiger partial charge on any atom is -0.346 e. The number of rotatable bonds is 0. The highest BCUT2D eigenvalue weighted by Gasteiger charge is 2.07. The van der Waals surface area contributed by atoms with Crippen molar-refractivity contribution in [3.63, 3.8) is 0 Å². The Labute approximate surface area is 85.2 Å². The van der Waals surface area contributed by atoms with Gasteiger partial charge in [0.2, 0.25) is 0 Å². The highest BCUT2D eigenvalue weighted by atomic mass is 16.1. The first-order valence-electron chi connectivity index (χ1n) is 4.68. The van der Waals surface area contributed by atoms with Crippen molar-refractivity contribution in [1.82, 2.24) is 14.5 Å². The first-order valence-corrected chi connectivity index (χ1v) is 4.68. The van der Waals surface area contributed by atoms with Crippen LogP contribution in [0.3, 0.4) is 0 Å². The smallest absolute Gasteiger partial charge is 0.272 e. The normalized spacial score (nSPS) is 11.3. The van der Waals surface area contributed by atoms with E-state index in [1.54, 1.807) is 12.4 Å². The van der Waals surface area contributed by atoms with E-state index in [1.807, 2.05) is 29.9 Å². The van der Waals surface area contributed by atoms with Crippen molar-refractivity contribution in [3.05, 3.63) is 41.1 Å². The maximum Gasteiger partial charge on any atom is 0.272 e. The van der Waals surface area contributed by atoms with Crippen LogP contribution in [0.5, 0.6) is 0 Å². The predicted octanol–water partition coefficient (Wildman–Crippen LogP) is 1.41. The number of fused-ring (bicyclic) bond motifs is 3. The molecular weight excluding hydrogens is 190 g/mol. The van der Waals surface area contributed by atoms with Crippen LogP contribution in [0.15, 0.2) is 35.5 Å². The van der Waals surface area contributed by atoms with Crippen molar-refractivity contribution in [2.45, 2.75) is 0 Å². The van der Waals surface area contributed by atoms with Crippen molar-refractivity contribution < 1.29 is 0 Å². The zero-order chi connectivity index (χ0) is 10.4. The summed E-state index contributed by atoms with van der Waals surface area (Å²) >= 11 is 0. The fraction of sp³-hybridized carbons (Fsp3) is 0.0909. The molecule has 4 nitrogen and oxygen atoms in total. The number of aromatic nitrogens is 3. The van der Waals surface area contributed by atoms with Crippen LogP contribution < -0.4 is 5.56 Å². The average Bonchev–Trinajstić information content (AvgIpc) is 2.62. The molecular formula is C11H9N3O.